The normalized spacial score (nSPS) is 10.5. The predicted octanol–water partition coefficient (Wildman–Crippen LogP) is 2.37. The summed E-state index contributed by atoms with van der Waals surface area (Å²) in [6.07, 6.45) is 0. The second kappa shape index (κ2) is 3.60. The maximum absolute atomic E-state index is 13.1. The van der Waals surface area contributed by atoms with E-state index in [9.17, 15) is 8.78 Å². The Morgan fingerprint density at radius 3 is 2.38 bits per heavy atom. The Labute approximate surface area is 75.7 Å². The zero-order chi connectivity index (χ0) is 10.0. The van der Waals surface area contributed by atoms with Crippen molar-refractivity contribution in [3.8, 4) is 0 Å². The van der Waals surface area contributed by atoms with Gasteiger partial charge in [-0.15, -0.1) is 0 Å². The smallest absolute Gasteiger partial charge is 0.151 e. The van der Waals surface area contributed by atoms with Gasteiger partial charge in [-0.2, -0.15) is 0 Å². The topological polar surface area (TPSA) is 38.0 Å². The molecule has 1 aromatic carbocycles. The van der Waals surface area contributed by atoms with E-state index in [2.05, 4.69) is 5.32 Å². The summed E-state index contributed by atoms with van der Waals surface area (Å²) in [5.41, 5.74) is 5.68. The molecule has 2 nitrogen and oxygen atoms in total. The Morgan fingerprint density at radius 1 is 1.31 bits per heavy atom. The van der Waals surface area contributed by atoms with Crippen LogP contribution in [0, 0.1) is 11.6 Å². The summed E-state index contributed by atoms with van der Waals surface area (Å²) in [4.78, 5) is 0. The van der Waals surface area contributed by atoms with Gasteiger partial charge >= 0.3 is 0 Å². The van der Waals surface area contributed by atoms with Gasteiger partial charge < -0.3 is 11.1 Å². The average molecular weight is 186 g/mol. The number of halogens is 2. The molecule has 0 radical (unpaired) electrons. The minimum Gasteiger partial charge on any atom is -0.397 e. The zero-order valence-electron chi connectivity index (χ0n) is 7.57. The first-order valence-electron chi connectivity index (χ1n) is 4.01. The number of hydrogen-bond acceptors (Lipinski definition) is 2. The molecule has 0 saturated heterocycles. The third-order valence-electron chi connectivity index (χ3n) is 1.52. The highest BCUT2D eigenvalue weighted by Crippen LogP contribution is 2.24. The second-order valence-electron chi connectivity index (χ2n) is 3.15. The van der Waals surface area contributed by atoms with E-state index in [1.165, 1.54) is 0 Å². The third kappa shape index (κ3) is 2.31. The molecule has 0 aliphatic heterocycles. The van der Waals surface area contributed by atoms with Crippen molar-refractivity contribution in [1.82, 2.24) is 0 Å². The number of hydrogen-bond donors (Lipinski definition) is 2. The van der Waals surface area contributed by atoms with Gasteiger partial charge in [-0.25, -0.2) is 8.78 Å². The van der Waals surface area contributed by atoms with Crippen LogP contribution in [0.4, 0.5) is 20.2 Å². The van der Waals surface area contributed by atoms with E-state index >= 15 is 0 Å². The van der Waals surface area contributed by atoms with Crippen molar-refractivity contribution in [1.29, 1.82) is 0 Å². The van der Waals surface area contributed by atoms with Crippen LogP contribution in [0.25, 0.3) is 0 Å². The number of nitrogens with one attached hydrogen (secondary N) is 1. The van der Waals surface area contributed by atoms with Gasteiger partial charge in [0.2, 0.25) is 0 Å². The minimum atomic E-state index is -0.663. The number of benzene rings is 1. The molecule has 0 fully saturated rings. The predicted molar refractivity (Wildman–Crippen MR) is 49.5 cm³/mol. The lowest BCUT2D eigenvalue weighted by Crippen LogP contribution is -2.13. The van der Waals surface area contributed by atoms with Gasteiger partial charge in [0.15, 0.2) is 5.82 Å². The summed E-state index contributed by atoms with van der Waals surface area (Å²) in [7, 11) is 0. The van der Waals surface area contributed by atoms with E-state index in [1.807, 2.05) is 13.8 Å². The van der Waals surface area contributed by atoms with Crippen LogP contribution in [0.2, 0.25) is 0 Å². The molecule has 1 aromatic rings. The molecule has 4 heteroatoms. The Bertz CT molecular complexity index is 287. The molecule has 0 saturated carbocycles. The largest absolute Gasteiger partial charge is 0.397 e. The number of nitrogen functional groups attached to an aromatic ring is 1. The van der Waals surface area contributed by atoms with E-state index in [4.69, 9.17) is 5.73 Å². The standard InChI is InChI=1S/C9H12F2N2/c1-5(2)13-9-7(11)3-6(10)4-8(9)12/h3-5,13H,12H2,1-2H3. The molecule has 1 rings (SSSR count). The fraction of sp³-hybridized carbons (Fsp3) is 0.333. The van der Waals surface area contributed by atoms with Crippen LogP contribution >= 0.6 is 0 Å². The number of nitrogens with two attached hydrogens (primary N) is 1. The molecule has 0 aliphatic rings. The van der Waals surface area contributed by atoms with Crippen LogP contribution in [0.1, 0.15) is 13.8 Å². The first-order valence-corrected chi connectivity index (χ1v) is 4.01. The monoisotopic (exact) mass is 186 g/mol. The SMILES string of the molecule is CC(C)Nc1c(N)cc(F)cc1F. The highest BCUT2D eigenvalue weighted by Gasteiger charge is 2.09. The summed E-state index contributed by atoms with van der Waals surface area (Å²) in [6, 6.07) is 1.96. The molecule has 0 amide bonds. The summed E-state index contributed by atoms with van der Waals surface area (Å²) < 4.78 is 25.7. The van der Waals surface area contributed by atoms with Gasteiger partial charge in [-0.3, -0.25) is 0 Å². The van der Waals surface area contributed by atoms with Crippen LogP contribution in [-0.4, -0.2) is 6.04 Å². The van der Waals surface area contributed by atoms with Crippen LogP contribution < -0.4 is 11.1 Å². The van der Waals surface area contributed by atoms with E-state index in [1.54, 1.807) is 0 Å². The van der Waals surface area contributed by atoms with Crippen molar-refractivity contribution >= 4 is 11.4 Å². The highest BCUT2D eigenvalue weighted by molar-refractivity contribution is 5.67. The number of anilines is 2. The molecule has 0 spiro atoms. The van der Waals surface area contributed by atoms with E-state index in [0.717, 1.165) is 12.1 Å². The van der Waals surface area contributed by atoms with Crippen molar-refractivity contribution < 1.29 is 8.78 Å². The molecular formula is C9H12F2N2. The van der Waals surface area contributed by atoms with Gasteiger partial charge in [0, 0.05) is 12.1 Å². The molecule has 0 unspecified atom stereocenters. The maximum atomic E-state index is 13.1. The fourth-order valence-corrected chi connectivity index (χ4v) is 1.03. The highest BCUT2D eigenvalue weighted by atomic mass is 19.1. The zero-order valence-corrected chi connectivity index (χ0v) is 7.57. The van der Waals surface area contributed by atoms with Crippen LogP contribution in [0.5, 0.6) is 0 Å². The van der Waals surface area contributed by atoms with E-state index < -0.39 is 11.6 Å². The van der Waals surface area contributed by atoms with Gasteiger partial charge in [-0.05, 0) is 19.9 Å². The van der Waals surface area contributed by atoms with E-state index in [0.29, 0.717) is 0 Å². The Hall–Kier alpha value is -1.32. The first-order chi connectivity index (χ1) is 6.00. The summed E-state index contributed by atoms with van der Waals surface area (Å²) >= 11 is 0. The first kappa shape index (κ1) is 9.77. The maximum Gasteiger partial charge on any atom is 0.151 e. The van der Waals surface area contributed by atoms with Crippen molar-refractivity contribution in [2.24, 2.45) is 0 Å². The average Bonchev–Trinajstić information content (AvgIpc) is 1.96. The molecule has 72 valence electrons. The summed E-state index contributed by atoms with van der Waals surface area (Å²) in [5.74, 6) is -1.32. The molecule has 13 heavy (non-hydrogen) atoms. The van der Waals surface area contributed by atoms with E-state index in [-0.39, 0.29) is 17.4 Å². The summed E-state index contributed by atoms with van der Waals surface area (Å²) in [6.45, 7) is 3.70. The molecule has 0 aromatic heterocycles. The third-order valence-corrected chi connectivity index (χ3v) is 1.52. The van der Waals surface area contributed by atoms with Crippen molar-refractivity contribution in [3.05, 3.63) is 23.8 Å². The van der Waals surface area contributed by atoms with Crippen molar-refractivity contribution in [3.63, 3.8) is 0 Å². The molecule has 0 atom stereocenters. The lowest BCUT2D eigenvalue weighted by Gasteiger charge is -2.13. The minimum absolute atomic E-state index is 0.0576. The van der Waals surface area contributed by atoms with Gasteiger partial charge in [0.05, 0.1) is 11.4 Å². The molecule has 0 aliphatic carbocycles. The van der Waals surface area contributed by atoms with Gasteiger partial charge in [0.25, 0.3) is 0 Å². The molecular weight excluding hydrogens is 174 g/mol. The Kier molecular flexibility index (Phi) is 2.70. The van der Waals surface area contributed by atoms with Crippen molar-refractivity contribution in [2.75, 3.05) is 11.1 Å². The van der Waals surface area contributed by atoms with Gasteiger partial charge in [-0.1, -0.05) is 0 Å². The molecule has 3 N–H and O–H groups in total. The van der Waals surface area contributed by atoms with Crippen molar-refractivity contribution in [2.45, 2.75) is 19.9 Å². The van der Waals surface area contributed by atoms with Gasteiger partial charge in [0.1, 0.15) is 5.82 Å². The lowest BCUT2D eigenvalue weighted by atomic mass is 10.2. The Morgan fingerprint density at radius 2 is 1.92 bits per heavy atom. The summed E-state index contributed by atoms with van der Waals surface area (Å²) in [5, 5.41) is 2.80. The molecule has 0 bridgehead atoms. The number of rotatable bonds is 2. The second-order valence-corrected chi connectivity index (χ2v) is 3.15. The van der Waals surface area contributed by atoms with Crippen LogP contribution in [0.15, 0.2) is 12.1 Å². The lowest BCUT2D eigenvalue weighted by molar-refractivity contribution is 0.585. The molecule has 0 heterocycles. The quantitative estimate of drug-likeness (QED) is 0.696. The van der Waals surface area contributed by atoms with Crippen LogP contribution in [0.3, 0.4) is 0 Å². The Balaban J connectivity index is 3.06. The van der Waals surface area contributed by atoms with Crippen LogP contribution in [-0.2, 0) is 0 Å². The fourth-order valence-electron chi connectivity index (χ4n) is 1.03.